The maximum Gasteiger partial charge on any atom is 0.258 e. The first-order chi connectivity index (χ1) is 16.1. The van der Waals surface area contributed by atoms with Crippen molar-refractivity contribution in [2.24, 2.45) is 0 Å². The Balaban J connectivity index is 1.69. The molecule has 4 aromatic rings. The number of nitrogens with zero attached hydrogens (tertiary/aromatic N) is 1. The standard InChI is InChI=1S/C26H23FN2O4/c1-30-19-11-7-17(8-12-19)23-24(18-9-13-20(31-2)14-10-18)29-25(28-23)26(32-15-16-33-26)21-5-3-4-6-22(21)27/h3-14H,15-16H2,1-2H3,(H,28,29). The van der Waals surface area contributed by atoms with E-state index in [4.69, 9.17) is 23.9 Å². The summed E-state index contributed by atoms with van der Waals surface area (Å²) in [7, 11) is 3.25. The molecule has 0 bridgehead atoms. The zero-order valence-electron chi connectivity index (χ0n) is 18.3. The van der Waals surface area contributed by atoms with E-state index in [1.165, 1.54) is 6.07 Å². The molecule has 0 unspecified atom stereocenters. The van der Waals surface area contributed by atoms with Gasteiger partial charge in [-0.3, -0.25) is 0 Å². The highest BCUT2D eigenvalue weighted by atomic mass is 19.1. The number of rotatable bonds is 6. The number of hydrogen-bond acceptors (Lipinski definition) is 5. The Morgan fingerprint density at radius 3 is 1.97 bits per heavy atom. The third-order valence-corrected chi connectivity index (χ3v) is 5.68. The van der Waals surface area contributed by atoms with E-state index in [0.717, 1.165) is 28.3 Å². The topological polar surface area (TPSA) is 65.6 Å². The van der Waals surface area contributed by atoms with Crippen molar-refractivity contribution in [3.8, 4) is 34.0 Å². The first-order valence-electron chi connectivity index (χ1n) is 10.6. The minimum atomic E-state index is -1.46. The average Bonchev–Trinajstić information content (AvgIpc) is 3.53. The maximum atomic E-state index is 14.9. The van der Waals surface area contributed by atoms with Gasteiger partial charge in [-0.15, -0.1) is 0 Å². The Morgan fingerprint density at radius 2 is 1.39 bits per heavy atom. The molecule has 1 aromatic heterocycles. The van der Waals surface area contributed by atoms with E-state index in [1.54, 1.807) is 32.4 Å². The van der Waals surface area contributed by atoms with Gasteiger partial charge in [-0.2, -0.15) is 0 Å². The van der Waals surface area contributed by atoms with Crippen LogP contribution in [0.4, 0.5) is 4.39 Å². The Kier molecular flexibility index (Phi) is 5.58. The number of H-pyrrole nitrogens is 1. The summed E-state index contributed by atoms with van der Waals surface area (Å²) in [4.78, 5) is 8.25. The van der Waals surface area contributed by atoms with Gasteiger partial charge in [0.2, 0.25) is 0 Å². The summed E-state index contributed by atoms with van der Waals surface area (Å²) in [6, 6.07) is 21.7. The van der Waals surface area contributed by atoms with E-state index in [1.807, 2.05) is 48.5 Å². The van der Waals surface area contributed by atoms with Crippen LogP contribution in [-0.4, -0.2) is 37.4 Å². The minimum Gasteiger partial charge on any atom is -0.497 e. The number of nitrogens with one attached hydrogen (secondary N) is 1. The summed E-state index contributed by atoms with van der Waals surface area (Å²) in [6.45, 7) is 0.648. The van der Waals surface area contributed by atoms with Crippen LogP contribution in [0.25, 0.3) is 22.5 Å². The number of ether oxygens (including phenoxy) is 4. The summed E-state index contributed by atoms with van der Waals surface area (Å²) in [5.41, 5.74) is 3.48. The average molecular weight is 446 g/mol. The molecule has 0 saturated carbocycles. The summed E-state index contributed by atoms with van der Waals surface area (Å²) in [6.07, 6.45) is 0. The normalized spacial score (nSPS) is 14.9. The molecule has 0 radical (unpaired) electrons. The van der Waals surface area contributed by atoms with Gasteiger partial charge in [-0.05, 0) is 54.6 Å². The van der Waals surface area contributed by atoms with Crippen molar-refractivity contribution in [2.45, 2.75) is 5.79 Å². The quantitative estimate of drug-likeness (QED) is 0.444. The van der Waals surface area contributed by atoms with Crippen molar-refractivity contribution in [2.75, 3.05) is 27.4 Å². The highest BCUT2D eigenvalue weighted by molar-refractivity contribution is 5.79. The van der Waals surface area contributed by atoms with Crippen molar-refractivity contribution in [3.63, 3.8) is 0 Å². The van der Waals surface area contributed by atoms with Gasteiger partial charge >= 0.3 is 0 Å². The zero-order valence-corrected chi connectivity index (χ0v) is 18.3. The second-order valence-electron chi connectivity index (χ2n) is 7.56. The van der Waals surface area contributed by atoms with Gasteiger partial charge in [0.25, 0.3) is 5.79 Å². The van der Waals surface area contributed by atoms with E-state index < -0.39 is 11.6 Å². The molecular formula is C26H23FN2O4. The number of imidazole rings is 1. The van der Waals surface area contributed by atoms with Gasteiger partial charge < -0.3 is 23.9 Å². The van der Waals surface area contributed by atoms with Crippen LogP contribution in [0.15, 0.2) is 72.8 Å². The lowest BCUT2D eigenvalue weighted by Crippen LogP contribution is -2.31. The lowest BCUT2D eigenvalue weighted by molar-refractivity contribution is -0.137. The fourth-order valence-electron chi connectivity index (χ4n) is 4.01. The van der Waals surface area contributed by atoms with Crippen LogP contribution in [-0.2, 0) is 15.3 Å². The fourth-order valence-corrected chi connectivity index (χ4v) is 4.01. The molecule has 5 rings (SSSR count). The summed E-state index contributed by atoms with van der Waals surface area (Å²) < 4.78 is 37.5. The largest absolute Gasteiger partial charge is 0.497 e. The number of halogens is 1. The highest BCUT2D eigenvalue weighted by Crippen LogP contribution is 2.41. The van der Waals surface area contributed by atoms with Crippen LogP contribution in [0.3, 0.4) is 0 Å². The number of aromatic amines is 1. The van der Waals surface area contributed by atoms with Crippen molar-refractivity contribution in [1.29, 1.82) is 0 Å². The van der Waals surface area contributed by atoms with Gasteiger partial charge in [0.05, 0.1) is 44.4 Å². The van der Waals surface area contributed by atoms with Gasteiger partial charge in [0.1, 0.15) is 17.3 Å². The second-order valence-corrected chi connectivity index (χ2v) is 7.56. The van der Waals surface area contributed by atoms with Gasteiger partial charge in [-0.25, -0.2) is 9.37 Å². The molecule has 3 aromatic carbocycles. The van der Waals surface area contributed by atoms with Crippen LogP contribution in [0.1, 0.15) is 11.4 Å². The van der Waals surface area contributed by atoms with E-state index in [-0.39, 0.29) is 5.56 Å². The molecule has 2 heterocycles. The Labute approximate surface area is 190 Å². The van der Waals surface area contributed by atoms with Crippen LogP contribution in [0, 0.1) is 5.82 Å². The minimum absolute atomic E-state index is 0.277. The first-order valence-corrected chi connectivity index (χ1v) is 10.6. The summed E-state index contributed by atoms with van der Waals surface area (Å²) in [5.74, 6) is -0.0211. The maximum absolute atomic E-state index is 14.9. The zero-order chi connectivity index (χ0) is 22.8. The Bertz CT molecular complexity index is 1180. The lowest BCUT2D eigenvalue weighted by Gasteiger charge is -2.25. The van der Waals surface area contributed by atoms with Crippen LogP contribution < -0.4 is 9.47 Å². The molecule has 1 fully saturated rings. The molecule has 0 spiro atoms. The predicted octanol–water partition coefficient (Wildman–Crippen LogP) is 5.15. The van der Waals surface area contributed by atoms with Gasteiger partial charge in [0.15, 0.2) is 5.82 Å². The molecule has 1 N–H and O–H groups in total. The second kappa shape index (κ2) is 8.69. The van der Waals surface area contributed by atoms with E-state index in [9.17, 15) is 4.39 Å². The molecule has 168 valence electrons. The molecule has 0 aliphatic carbocycles. The van der Waals surface area contributed by atoms with Crippen molar-refractivity contribution in [1.82, 2.24) is 9.97 Å². The van der Waals surface area contributed by atoms with Crippen molar-refractivity contribution < 1.29 is 23.3 Å². The number of benzene rings is 3. The lowest BCUT2D eigenvalue weighted by atomic mass is 10.0. The first kappa shape index (κ1) is 21.2. The molecule has 1 saturated heterocycles. The van der Waals surface area contributed by atoms with Crippen molar-refractivity contribution in [3.05, 3.63) is 90.0 Å². The molecule has 1 aliphatic rings. The van der Waals surface area contributed by atoms with Crippen LogP contribution in [0.2, 0.25) is 0 Å². The Hall–Kier alpha value is -3.68. The molecule has 7 heteroatoms. The fraction of sp³-hybridized carbons (Fsp3) is 0.192. The van der Waals surface area contributed by atoms with Crippen LogP contribution in [0.5, 0.6) is 11.5 Å². The Morgan fingerprint density at radius 1 is 0.818 bits per heavy atom. The van der Waals surface area contributed by atoms with Gasteiger partial charge in [-0.1, -0.05) is 18.2 Å². The van der Waals surface area contributed by atoms with E-state index >= 15 is 0 Å². The van der Waals surface area contributed by atoms with Crippen LogP contribution >= 0.6 is 0 Å². The number of aromatic nitrogens is 2. The molecule has 1 aliphatic heterocycles. The van der Waals surface area contributed by atoms with E-state index in [2.05, 4.69) is 4.98 Å². The molecule has 6 nitrogen and oxygen atoms in total. The predicted molar refractivity (Wildman–Crippen MR) is 122 cm³/mol. The molecular weight excluding hydrogens is 423 g/mol. The van der Waals surface area contributed by atoms with E-state index in [0.29, 0.717) is 24.7 Å². The monoisotopic (exact) mass is 446 g/mol. The third kappa shape index (κ3) is 3.75. The highest BCUT2D eigenvalue weighted by Gasteiger charge is 2.46. The smallest absolute Gasteiger partial charge is 0.258 e. The SMILES string of the molecule is COc1ccc(-c2nc(C3(c4ccccc4F)OCCO3)[nH]c2-c2ccc(OC)cc2)cc1. The van der Waals surface area contributed by atoms with Crippen molar-refractivity contribution >= 4 is 0 Å². The summed E-state index contributed by atoms with van der Waals surface area (Å²) >= 11 is 0. The number of hydrogen-bond donors (Lipinski definition) is 1. The molecule has 0 atom stereocenters. The summed E-state index contributed by atoms with van der Waals surface area (Å²) in [5, 5.41) is 0. The number of methoxy groups -OCH3 is 2. The molecule has 33 heavy (non-hydrogen) atoms. The third-order valence-electron chi connectivity index (χ3n) is 5.68. The van der Waals surface area contributed by atoms with Gasteiger partial charge in [0, 0.05) is 11.1 Å². The molecule has 0 amide bonds.